The highest BCUT2D eigenvalue weighted by Gasteiger charge is 2.20. The number of nitrogens with zero attached hydrogens (tertiary/aromatic N) is 1. The summed E-state index contributed by atoms with van der Waals surface area (Å²) in [7, 11) is 0. The number of thiophene rings is 1. The first-order chi connectivity index (χ1) is 7.66. The van der Waals surface area contributed by atoms with E-state index in [2.05, 4.69) is 41.8 Å². The predicted molar refractivity (Wildman–Crippen MR) is 74.4 cm³/mol. The molecular formula is C12H18N2S2. The molecular weight excluding hydrogens is 236 g/mol. The number of aryl methyl sites for hydroxylation is 1. The molecule has 2 atom stereocenters. The molecule has 0 saturated carbocycles. The van der Waals surface area contributed by atoms with Gasteiger partial charge < -0.3 is 5.32 Å². The Morgan fingerprint density at radius 2 is 2.25 bits per heavy atom. The minimum Gasteiger partial charge on any atom is -0.362 e. The average Bonchev–Trinajstić information content (AvgIpc) is 2.66. The van der Waals surface area contributed by atoms with Crippen LogP contribution in [-0.4, -0.2) is 17.0 Å². The van der Waals surface area contributed by atoms with E-state index in [0.717, 1.165) is 17.6 Å². The fourth-order valence-electron chi connectivity index (χ4n) is 1.53. The SMILES string of the molecule is Cc1cscc1CN=C1NC(C)C(C)CS1. The van der Waals surface area contributed by atoms with Gasteiger partial charge in [0.05, 0.1) is 6.54 Å². The Kier molecular flexibility index (Phi) is 3.92. The van der Waals surface area contributed by atoms with E-state index in [-0.39, 0.29) is 0 Å². The largest absolute Gasteiger partial charge is 0.362 e. The van der Waals surface area contributed by atoms with Crippen LogP contribution in [0.15, 0.2) is 15.8 Å². The third-order valence-electron chi connectivity index (χ3n) is 3.04. The van der Waals surface area contributed by atoms with Crippen LogP contribution in [0.2, 0.25) is 0 Å². The fraction of sp³-hybridized carbons (Fsp3) is 0.583. The van der Waals surface area contributed by atoms with Crippen molar-refractivity contribution in [3.8, 4) is 0 Å². The number of nitrogens with one attached hydrogen (secondary N) is 1. The quantitative estimate of drug-likeness (QED) is 0.876. The van der Waals surface area contributed by atoms with Crippen molar-refractivity contribution < 1.29 is 0 Å². The van der Waals surface area contributed by atoms with Gasteiger partial charge in [-0.15, -0.1) is 0 Å². The van der Waals surface area contributed by atoms with Crippen LogP contribution in [0, 0.1) is 12.8 Å². The van der Waals surface area contributed by atoms with Crippen molar-refractivity contribution >= 4 is 28.3 Å². The summed E-state index contributed by atoms with van der Waals surface area (Å²) >= 11 is 3.60. The highest BCUT2D eigenvalue weighted by molar-refractivity contribution is 8.13. The van der Waals surface area contributed by atoms with Crippen LogP contribution in [0.1, 0.15) is 25.0 Å². The number of hydrogen-bond donors (Lipinski definition) is 1. The first-order valence-electron chi connectivity index (χ1n) is 5.62. The Labute approximate surface area is 106 Å². The van der Waals surface area contributed by atoms with Gasteiger partial charge in [0.1, 0.15) is 0 Å². The maximum absolute atomic E-state index is 4.65. The number of aliphatic imine (C=N–C) groups is 1. The molecule has 4 heteroatoms. The van der Waals surface area contributed by atoms with E-state index in [9.17, 15) is 0 Å². The van der Waals surface area contributed by atoms with E-state index in [1.54, 1.807) is 11.3 Å². The summed E-state index contributed by atoms with van der Waals surface area (Å²) < 4.78 is 0. The van der Waals surface area contributed by atoms with Gasteiger partial charge in [-0.2, -0.15) is 11.3 Å². The molecule has 0 bridgehead atoms. The van der Waals surface area contributed by atoms with E-state index in [0.29, 0.717) is 6.04 Å². The second kappa shape index (κ2) is 5.23. The summed E-state index contributed by atoms with van der Waals surface area (Å²) in [5, 5.41) is 8.95. The summed E-state index contributed by atoms with van der Waals surface area (Å²) in [6.07, 6.45) is 0. The van der Waals surface area contributed by atoms with Gasteiger partial charge in [0.15, 0.2) is 5.17 Å². The normalized spacial score (nSPS) is 28.1. The molecule has 88 valence electrons. The topological polar surface area (TPSA) is 24.4 Å². The highest BCUT2D eigenvalue weighted by Crippen LogP contribution is 2.20. The summed E-state index contributed by atoms with van der Waals surface area (Å²) in [5.74, 6) is 1.90. The molecule has 0 amide bonds. The maximum Gasteiger partial charge on any atom is 0.157 e. The van der Waals surface area contributed by atoms with Crippen molar-refractivity contribution in [1.29, 1.82) is 0 Å². The van der Waals surface area contributed by atoms with Gasteiger partial charge in [-0.25, -0.2) is 0 Å². The smallest absolute Gasteiger partial charge is 0.157 e. The second-order valence-corrected chi connectivity index (χ2v) is 6.17. The summed E-state index contributed by atoms with van der Waals surface area (Å²) in [5.41, 5.74) is 2.71. The zero-order valence-electron chi connectivity index (χ0n) is 9.99. The lowest BCUT2D eigenvalue weighted by atomic mass is 10.1. The van der Waals surface area contributed by atoms with Crippen molar-refractivity contribution in [2.45, 2.75) is 33.4 Å². The van der Waals surface area contributed by atoms with E-state index in [1.807, 2.05) is 11.8 Å². The molecule has 1 aromatic heterocycles. The van der Waals surface area contributed by atoms with Crippen molar-refractivity contribution in [3.63, 3.8) is 0 Å². The summed E-state index contributed by atoms with van der Waals surface area (Å²) in [6, 6.07) is 0.545. The van der Waals surface area contributed by atoms with E-state index >= 15 is 0 Å². The van der Waals surface area contributed by atoms with Crippen LogP contribution in [0.3, 0.4) is 0 Å². The molecule has 2 rings (SSSR count). The molecule has 16 heavy (non-hydrogen) atoms. The number of rotatable bonds is 2. The summed E-state index contributed by atoms with van der Waals surface area (Å²) in [4.78, 5) is 4.65. The molecule has 1 N–H and O–H groups in total. The molecule has 1 aromatic rings. The number of hydrogen-bond acceptors (Lipinski definition) is 3. The van der Waals surface area contributed by atoms with Gasteiger partial charge in [-0.05, 0) is 41.7 Å². The molecule has 1 aliphatic rings. The zero-order chi connectivity index (χ0) is 11.5. The molecule has 1 fully saturated rings. The molecule has 2 nitrogen and oxygen atoms in total. The molecule has 0 radical (unpaired) electrons. The third kappa shape index (κ3) is 2.80. The van der Waals surface area contributed by atoms with Crippen molar-refractivity contribution in [1.82, 2.24) is 5.32 Å². The molecule has 0 spiro atoms. The van der Waals surface area contributed by atoms with Crippen molar-refractivity contribution in [2.75, 3.05) is 5.75 Å². The number of amidine groups is 1. The van der Waals surface area contributed by atoms with E-state index in [4.69, 9.17) is 0 Å². The molecule has 2 unspecified atom stereocenters. The Morgan fingerprint density at radius 1 is 1.44 bits per heavy atom. The first-order valence-corrected chi connectivity index (χ1v) is 7.55. The Balaban J connectivity index is 1.96. The van der Waals surface area contributed by atoms with Crippen molar-refractivity contribution in [3.05, 3.63) is 21.9 Å². The third-order valence-corrected chi connectivity index (χ3v) is 5.17. The summed E-state index contributed by atoms with van der Waals surface area (Å²) in [6.45, 7) is 7.48. The fourth-order valence-corrected chi connectivity index (χ4v) is 3.51. The van der Waals surface area contributed by atoms with E-state index in [1.165, 1.54) is 16.9 Å². The van der Waals surface area contributed by atoms with Crippen LogP contribution < -0.4 is 5.32 Å². The van der Waals surface area contributed by atoms with Gasteiger partial charge in [-0.1, -0.05) is 18.7 Å². The maximum atomic E-state index is 4.65. The van der Waals surface area contributed by atoms with Gasteiger partial charge in [0, 0.05) is 11.8 Å². The van der Waals surface area contributed by atoms with E-state index < -0.39 is 0 Å². The molecule has 1 aliphatic heterocycles. The monoisotopic (exact) mass is 254 g/mol. The van der Waals surface area contributed by atoms with Gasteiger partial charge in [0.25, 0.3) is 0 Å². The number of thioether (sulfide) groups is 1. The zero-order valence-corrected chi connectivity index (χ0v) is 11.6. The molecule has 2 heterocycles. The van der Waals surface area contributed by atoms with Gasteiger partial charge in [0.2, 0.25) is 0 Å². The van der Waals surface area contributed by atoms with Crippen LogP contribution >= 0.6 is 23.1 Å². The lowest BCUT2D eigenvalue weighted by Crippen LogP contribution is -2.41. The average molecular weight is 254 g/mol. The minimum absolute atomic E-state index is 0.545. The Morgan fingerprint density at radius 3 is 2.88 bits per heavy atom. The van der Waals surface area contributed by atoms with Gasteiger partial charge >= 0.3 is 0 Å². The molecule has 0 aliphatic carbocycles. The van der Waals surface area contributed by atoms with Crippen LogP contribution in [0.5, 0.6) is 0 Å². The van der Waals surface area contributed by atoms with Crippen LogP contribution in [0.25, 0.3) is 0 Å². The second-order valence-electron chi connectivity index (χ2n) is 4.42. The van der Waals surface area contributed by atoms with Gasteiger partial charge in [-0.3, -0.25) is 4.99 Å². The highest BCUT2D eigenvalue weighted by atomic mass is 32.2. The lowest BCUT2D eigenvalue weighted by molar-refractivity contribution is 0.490. The minimum atomic E-state index is 0.545. The van der Waals surface area contributed by atoms with Crippen molar-refractivity contribution in [2.24, 2.45) is 10.9 Å². The standard InChI is InChI=1S/C12H18N2S2/c1-8-6-16-12(14-10(8)3)13-4-11-7-15-5-9(11)2/h5,7-8,10H,4,6H2,1-3H3,(H,13,14). The lowest BCUT2D eigenvalue weighted by Gasteiger charge is -2.28. The first kappa shape index (κ1) is 12.0. The predicted octanol–water partition coefficient (Wildman–Crippen LogP) is 3.27. The Bertz CT molecular complexity index is 384. The van der Waals surface area contributed by atoms with Crippen LogP contribution in [-0.2, 0) is 6.54 Å². The molecule has 1 saturated heterocycles. The molecule has 0 aromatic carbocycles. The Hall–Kier alpha value is -0.480. The van der Waals surface area contributed by atoms with Crippen LogP contribution in [0.4, 0.5) is 0 Å².